The normalized spacial score (nSPS) is 29.5. The van der Waals surface area contributed by atoms with E-state index in [9.17, 15) is 4.79 Å². The Labute approximate surface area is 155 Å². The number of aliphatic carboxylic acids is 1. The lowest BCUT2D eigenvalue weighted by Crippen LogP contribution is -2.29. The van der Waals surface area contributed by atoms with E-state index in [0.717, 1.165) is 25.7 Å². The minimum atomic E-state index is -0.753. The summed E-state index contributed by atoms with van der Waals surface area (Å²) < 4.78 is 0. The van der Waals surface area contributed by atoms with E-state index in [1.165, 1.54) is 0 Å². The molecular formula is C20H30O6. The smallest absolute Gasteiger partial charge is 0.303 e. The van der Waals surface area contributed by atoms with Crippen molar-refractivity contribution in [1.29, 1.82) is 0 Å². The van der Waals surface area contributed by atoms with Gasteiger partial charge < -0.3 is 5.11 Å². The number of hydrogen-bond donors (Lipinski definition) is 2. The minimum Gasteiger partial charge on any atom is -0.481 e. The van der Waals surface area contributed by atoms with Gasteiger partial charge in [0.15, 0.2) is 0 Å². The predicted molar refractivity (Wildman–Crippen MR) is 97.3 cm³/mol. The minimum absolute atomic E-state index is 0.0483. The zero-order chi connectivity index (χ0) is 18.8. The molecule has 2 aliphatic rings. The molecule has 2 bridgehead atoms. The molecule has 6 heteroatoms. The highest BCUT2D eigenvalue weighted by Gasteiger charge is 2.49. The van der Waals surface area contributed by atoms with Gasteiger partial charge in [0.2, 0.25) is 0 Å². The number of unbranched alkanes of at least 4 members (excludes halogenated alkanes) is 1. The molecule has 1 saturated heterocycles. The average molecular weight is 366 g/mol. The Morgan fingerprint density at radius 1 is 1.23 bits per heavy atom. The van der Waals surface area contributed by atoms with Crippen molar-refractivity contribution < 1.29 is 29.8 Å². The van der Waals surface area contributed by atoms with E-state index in [1.54, 1.807) is 0 Å². The molecule has 0 aromatic heterocycles. The van der Waals surface area contributed by atoms with Crippen LogP contribution in [0.2, 0.25) is 0 Å². The highest BCUT2D eigenvalue weighted by molar-refractivity contribution is 5.66. The van der Waals surface area contributed by atoms with Crippen LogP contribution >= 0.6 is 0 Å². The molecule has 1 heterocycles. The van der Waals surface area contributed by atoms with Gasteiger partial charge in [-0.05, 0) is 32.1 Å². The zero-order valence-electron chi connectivity index (χ0n) is 15.3. The standard InChI is InChI=1S/C20H30O6/c1-2-3-6-9-15(24-23)12-13-17-16(18-14-19(17)26-25-18)10-7-4-5-8-11-20(21)22/h3-4,6-7,12-13,15-19,23H,2,5,8-11,14H2,1H3,(H,21,22)/b6-3-,7-4-,13-12+/t15-,16+,17+,18-,19+/m0/s1. The Bertz CT molecular complexity index is 512. The predicted octanol–water partition coefficient (Wildman–Crippen LogP) is 4.29. The fourth-order valence-corrected chi connectivity index (χ4v) is 3.57. The lowest BCUT2D eigenvalue weighted by atomic mass is 9.89. The van der Waals surface area contributed by atoms with Crippen molar-refractivity contribution in [2.45, 2.75) is 70.2 Å². The van der Waals surface area contributed by atoms with Gasteiger partial charge >= 0.3 is 5.97 Å². The SMILES string of the molecule is CC/C=C\C[C@@H](/C=C/[C@@H]1[C@@H](C/C=C\CCCC(=O)O)[C@@H]2C[C@H]1OO2)OO. The monoisotopic (exact) mass is 366 g/mol. The van der Waals surface area contributed by atoms with E-state index < -0.39 is 5.97 Å². The van der Waals surface area contributed by atoms with E-state index in [2.05, 4.69) is 24.0 Å². The first-order valence-corrected chi connectivity index (χ1v) is 9.48. The first-order valence-electron chi connectivity index (χ1n) is 9.48. The Morgan fingerprint density at radius 2 is 2.04 bits per heavy atom. The molecule has 5 atom stereocenters. The molecular weight excluding hydrogens is 336 g/mol. The van der Waals surface area contributed by atoms with Gasteiger partial charge in [0.25, 0.3) is 0 Å². The second-order valence-electron chi connectivity index (χ2n) is 6.88. The molecule has 0 amide bonds. The molecule has 0 radical (unpaired) electrons. The van der Waals surface area contributed by atoms with Crippen LogP contribution in [0.15, 0.2) is 36.5 Å². The number of carboxylic acids is 1. The highest BCUT2D eigenvalue weighted by atomic mass is 17.2. The molecule has 0 aromatic rings. The third-order valence-electron chi connectivity index (χ3n) is 4.96. The van der Waals surface area contributed by atoms with Gasteiger partial charge in [0.05, 0.1) is 6.10 Å². The third kappa shape index (κ3) is 6.36. The number of carboxylic acid groups (broad SMARTS) is 1. The molecule has 1 saturated carbocycles. The van der Waals surface area contributed by atoms with Crippen molar-refractivity contribution in [2.24, 2.45) is 11.8 Å². The van der Waals surface area contributed by atoms with Crippen LogP contribution in [0.3, 0.4) is 0 Å². The summed E-state index contributed by atoms with van der Waals surface area (Å²) >= 11 is 0. The summed E-state index contributed by atoms with van der Waals surface area (Å²) in [5.74, 6) is -0.201. The molecule has 2 rings (SSSR count). The molecule has 1 aliphatic carbocycles. The van der Waals surface area contributed by atoms with E-state index in [1.807, 2.05) is 24.3 Å². The van der Waals surface area contributed by atoms with Crippen molar-refractivity contribution in [3.8, 4) is 0 Å². The second-order valence-corrected chi connectivity index (χ2v) is 6.88. The summed E-state index contributed by atoms with van der Waals surface area (Å²) in [6.45, 7) is 2.06. The van der Waals surface area contributed by atoms with Crippen LogP contribution in [0, 0.1) is 11.8 Å². The van der Waals surface area contributed by atoms with Crippen molar-refractivity contribution in [3.63, 3.8) is 0 Å². The van der Waals surface area contributed by atoms with E-state index in [-0.39, 0.29) is 30.7 Å². The van der Waals surface area contributed by atoms with Gasteiger partial charge in [-0.1, -0.05) is 43.4 Å². The van der Waals surface area contributed by atoms with Crippen LogP contribution < -0.4 is 0 Å². The number of allylic oxidation sites excluding steroid dienone is 3. The van der Waals surface area contributed by atoms with Gasteiger partial charge in [-0.2, -0.15) is 0 Å². The highest BCUT2D eigenvalue weighted by Crippen LogP contribution is 2.44. The summed E-state index contributed by atoms with van der Waals surface area (Å²) in [5, 5.41) is 17.7. The molecule has 146 valence electrons. The van der Waals surface area contributed by atoms with Crippen LogP contribution in [0.25, 0.3) is 0 Å². The average Bonchev–Trinajstić information content (AvgIpc) is 3.22. The maximum absolute atomic E-state index is 10.5. The van der Waals surface area contributed by atoms with Crippen molar-refractivity contribution in [3.05, 3.63) is 36.5 Å². The van der Waals surface area contributed by atoms with Crippen LogP contribution in [-0.2, 0) is 19.5 Å². The molecule has 2 fully saturated rings. The van der Waals surface area contributed by atoms with Gasteiger partial charge in [-0.25, -0.2) is 14.7 Å². The zero-order valence-corrected chi connectivity index (χ0v) is 15.3. The van der Waals surface area contributed by atoms with Crippen LogP contribution in [-0.4, -0.2) is 34.6 Å². The first-order chi connectivity index (χ1) is 12.7. The number of carbonyl (C=O) groups is 1. The molecule has 0 unspecified atom stereocenters. The number of rotatable bonds is 12. The van der Waals surface area contributed by atoms with Crippen LogP contribution in [0.4, 0.5) is 0 Å². The lowest BCUT2D eigenvalue weighted by Gasteiger charge is -2.27. The quantitative estimate of drug-likeness (QED) is 0.232. The summed E-state index contributed by atoms with van der Waals surface area (Å²) in [5.41, 5.74) is 0. The van der Waals surface area contributed by atoms with Crippen molar-refractivity contribution >= 4 is 5.97 Å². The molecule has 0 spiro atoms. The van der Waals surface area contributed by atoms with Gasteiger partial charge in [0, 0.05) is 24.7 Å². The van der Waals surface area contributed by atoms with E-state index in [0.29, 0.717) is 18.8 Å². The maximum atomic E-state index is 10.5. The molecule has 0 aromatic carbocycles. The van der Waals surface area contributed by atoms with E-state index >= 15 is 0 Å². The molecule has 1 aliphatic heterocycles. The molecule has 26 heavy (non-hydrogen) atoms. The van der Waals surface area contributed by atoms with E-state index in [4.69, 9.17) is 20.1 Å². The van der Waals surface area contributed by atoms with Crippen molar-refractivity contribution in [1.82, 2.24) is 0 Å². The topological polar surface area (TPSA) is 85.2 Å². The van der Waals surface area contributed by atoms with Gasteiger partial charge in [-0.15, -0.1) is 0 Å². The Kier molecular flexibility index (Phi) is 9.05. The van der Waals surface area contributed by atoms with Crippen molar-refractivity contribution in [2.75, 3.05) is 0 Å². The number of fused-ring (bicyclic) bond motifs is 2. The summed E-state index contributed by atoms with van der Waals surface area (Å²) in [4.78, 5) is 25.8. The van der Waals surface area contributed by atoms with Gasteiger partial charge in [-0.3, -0.25) is 10.1 Å². The third-order valence-corrected chi connectivity index (χ3v) is 4.96. The van der Waals surface area contributed by atoms with Crippen LogP contribution in [0.5, 0.6) is 0 Å². The Hall–Kier alpha value is -1.47. The van der Waals surface area contributed by atoms with Crippen LogP contribution in [0.1, 0.15) is 51.9 Å². The Morgan fingerprint density at radius 3 is 2.77 bits per heavy atom. The largest absolute Gasteiger partial charge is 0.481 e. The molecule has 6 nitrogen and oxygen atoms in total. The maximum Gasteiger partial charge on any atom is 0.303 e. The Balaban J connectivity index is 1.85. The fraction of sp³-hybridized carbons (Fsp3) is 0.650. The summed E-state index contributed by atoms with van der Waals surface area (Å²) in [6.07, 6.45) is 17.0. The van der Waals surface area contributed by atoms with Gasteiger partial charge in [0.1, 0.15) is 12.2 Å². The second kappa shape index (κ2) is 11.3. The fourth-order valence-electron chi connectivity index (χ4n) is 3.57. The summed E-state index contributed by atoms with van der Waals surface area (Å²) in [7, 11) is 0. The first kappa shape index (κ1) is 20.8. The molecule has 2 N–H and O–H groups in total. The number of hydrogen-bond acceptors (Lipinski definition) is 5. The summed E-state index contributed by atoms with van der Waals surface area (Å²) in [6, 6.07) is 0. The lowest BCUT2D eigenvalue weighted by molar-refractivity contribution is -0.336.